The van der Waals surface area contributed by atoms with Gasteiger partial charge in [-0.1, -0.05) is 0 Å². The smallest absolute Gasteiger partial charge is 0.373 e. The van der Waals surface area contributed by atoms with Crippen molar-refractivity contribution in [2.75, 3.05) is 51.5 Å². The Balaban J connectivity index is 2.88. The second kappa shape index (κ2) is 6.74. The lowest BCUT2D eigenvalue weighted by molar-refractivity contribution is -0.144. The number of rotatable bonds is 6. The molecule has 5 nitrogen and oxygen atoms in total. The van der Waals surface area contributed by atoms with E-state index in [1.807, 2.05) is 19.0 Å². The highest BCUT2D eigenvalue weighted by atomic mass is 19.4. The van der Waals surface area contributed by atoms with E-state index in [-0.39, 0.29) is 11.6 Å². The summed E-state index contributed by atoms with van der Waals surface area (Å²) in [7, 11) is 7.15. The van der Waals surface area contributed by atoms with Gasteiger partial charge in [0.1, 0.15) is 11.6 Å². The molecule has 0 saturated carbocycles. The number of hydrogen-bond acceptors (Lipinski definition) is 5. The van der Waals surface area contributed by atoms with Gasteiger partial charge < -0.3 is 15.1 Å². The molecule has 1 rings (SSSR count). The second-order valence-corrected chi connectivity index (χ2v) is 4.76. The van der Waals surface area contributed by atoms with Gasteiger partial charge in [0.15, 0.2) is 0 Å². The number of nitrogens with one attached hydrogen (secondary N) is 1. The first-order valence-corrected chi connectivity index (χ1v) is 6.24. The van der Waals surface area contributed by atoms with Crippen LogP contribution in [0.2, 0.25) is 0 Å². The molecule has 0 saturated heterocycles. The Kier molecular flexibility index (Phi) is 5.55. The molecule has 114 valence electrons. The minimum Gasteiger partial charge on any atom is -0.373 e. The summed E-state index contributed by atoms with van der Waals surface area (Å²) in [5.41, 5.74) is 0. The molecular formula is C12H20F3N5. The molecule has 1 aromatic heterocycles. The van der Waals surface area contributed by atoms with Crippen LogP contribution >= 0.6 is 0 Å². The lowest BCUT2D eigenvalue weighted by Crippen LogP contribution is -2.25. The summed E-state index contributed by atoms with van der Waals surface area (Å²) in [5.74, 6) is -0.712. The van der Waals surface area contributed by atoms with Crippen LogP contribution in [-0.4, -0.2) is 56.1 Å². The van der Waals surface area contributed by atoms with E-state index in [1.54, 1.807) is 11.9 Å². The van der Waals surface area contributed by atoms with Crippen LogP contribution in [0.1, 0.15) is 12.2 Å². The average Bonchev–Trinajstić information content (AvgIpc) is 2.36. The van der Waals surface area contributed by atoms with Gasteiger partial charge in [-0.2, -0.15) is 13.2 Å². The van der Waals surface area contributed by atoms with Crippen LogP contribution in [0.5, 0.6) is 0 Å². The molecule has 8 heteroatoms. The van der Waals surface area contributed by atoms with Crippen LogP contribution in [0, 0.1) is 0 Å². The Morgan fingerprint density at radius 3 is 2.30 bits per heavy atom. The van der Waals surface area contributed by atoms with E-state index in [2.05, 4.69) is 15.3 Å². The Hall–Kier alpha value is -1.57. The van der Waals surface area contributed by atoms with Crippen molar-refractivity contribution in [1.29, 1.82) is 0 Å². The minimum atomic E-state index is -4.55. The van der Waals surface area contributed by atoms with E-state index < -0.39 is 12.0 Å². The average molecular weight is 291 g/mol. The lowest BCUT2D eigenvalue weighted by Gasteiger charge is -2.21. The van der Waals surface area contributed by atoms with E-state index in [0.29, 0.717) is 6.54 Å². The van der Waals surface area contributed by atoms with Gasteiger partial charge in [0.25, 0.3) is 0 Å². The third-order valence-corrected chi connectivity index (χ3v) is 2.71. The Labute approximate surface area is 116 Å². The Morgan fingerprint density at radius 1 is 1.15 bits per heavy atom. The first-order chi connectivity index (χ1) is 9.24. The van der Waals surface area contributed by atoms with E-state index in [9.17, 15) is 13.2 Å². The first-order valence-electron chi connectivity index (χ1n) is 6.24. The molecule has 1 N–H and O–H groups in total. The second-order valence-electron chi connectivity index (χ2n) is 4.76. The summed E-state index contributed by atoms with van der Waals surface area (Å²) in [5, 5.41) is 2.62. The maximum atomic E-state index is 12.7. The Bertz CT molecular complexity index is 434. The SMILES string of the molecule is CNc1cc(N(C)CCCN(C)C)nc(C(F)(F)F)n1. The van der Waals surface area contributed by atoms with Gasteiger partial charge in [-0.05, 0) is 27.1 Å². The highest BCUT2D eigenvalue weighted by Crippen LogP contribution is 2.28. The Morgan fingerprint density at radius 2 is 1.80 bits per heavy atom. The maximum Gasteiger partial charge on any atom is 0.451 e. The minimum absolute atomic E-state index is 0.154. The van der Waals surface area contributed by atoms with E-state index in [0.717, 1.165) is 13.0 Å². The van der Waals surface area contributed by atoms with Crippen LogP contribution in [0.4, 0.5) is 24.8 Å². The zero-order chi connectivity index (χ0) is 15.3. The lowest BCUT2D eigenvalue weighted by atomic mass is 10.3. The fraction of sp³-hybridized carbons (Fsp3) is 0.667. The molecule has 0 aliphatic heterocycles. The molecule has 1 aromatic rings. The van der Waals surface area contributed by atoms with Crippen LogP contribution < -0.4 is 10.2 Å². The van der Waals surface area contributed by atoms with Crippen molar-refractivity contribution in [3.63, 3.8) is 0 Å². The van der Waals surface area contributed by atoms with Crippen LogP contribution in [0.25, 0.3) is 0 Å². The van der Waals surface area contributed by atoms with Crippen LogP contribution in [-0.2, 0) is 6.18 Å². The molecule has 0 radical (unpaired) electrons. The van der Waals surface area contributed by atoms with Gasteiger partial charge in [-0.3, -0.25) is 0 Å². The summed E-state index contributed by atoms with van der Waals surface area (Å²) >= 11 is 0. The highest BCUT2D eigenvalue weighted by molar-refractivity contribution is 5.48. The van der Waals surface area contributed by atoms with Gasteiger partial charge in [-0.15, -0.1) is 0 Å². The molecule has 0 unspecified atom stereocenters. The standard InChI is InChI=1S/C12H20F3N5/c1-16-9-8-10(18-11(17-9)12(13,14)15)20(4)7-5-6-19(2)3/h8H,5-7H2,1-4H3,(H,16,17,18). The highest BCUT2D eigenvalue weighted by Gasteiger charge is 2.35. The van der Waals surface area contributed by atoms with Crippen molar-refractivity contribution < 1.29 is 13.2 Å². The third kappa shape index (κ3) is 4.84. The van der Waals surface area contributed by atoms with Crippen molar-refractivity contribution >= 4 is 11.6 Å². The molecule has 1 heterocycles. The number of hydrogen-bond donors (Lipinski definition) is 1. The van der Waals surface area contributed by atoms with E-state index >= 15 is 0 Å². The fourth-order valence-electron chi connectivity index (χ4n) is 1.62. The summed E-state index contributed by atoms with van der Waals surface area (Å²) in [6.45, 7) is 1.48. The van der Waals surface area contributed by atoms with E-state index in [1.165, 1.54) is 13.1 Å². The summed E-state index contributed by atoms with van der Waals surface area (Å²) in [6, 6.07) is 1.50. The molecule has 0 bridgehead atoms. The number of alkyl halides is 3. The van der Waals surface area contributed by atoms with Crippen molar-refractivity contribution in [3.8, 4) is 0 Å². The predicted octanol–water partition coefficient (Wildman–Crippen LogP) is 1.92. The van der Waals surface area contributed by atoms with Crippen molar-refractivity contribution in [1.82, 2.24) is 14.9 Å². The van der Waals surface area contributed by atoms with Crippen molar-refractivity contribution in [2.45, 2.75) is 12.6 Å². The summed E-state index contributed by atoms with van der Waals surface area (Å²) in [6.07, 6.45) is -3.71. The number of aromatic nitrogens is 2. The monoisotopic (exact) mass is 291 g/mol. The molecule has 0 fully saturated rings. The van der Waals surface area contributed by atoms with Gasteiger partial charge in [0.05, 0.1) is 0 Å². The normalized spacial score (nSPS) is 11.8. The fourth-order valence-corrected chi connectivity index (χ4v) is 1.62. The van der Waals surface area contributed by atoms with Crippen LogP contribution in [0.15, 0.2) is 6.07 Å². The molecule has 0 aliphatic rings. The first kappa shape index (κ1) is 16.5. The van der Waals surface area contributed by atoms with Crippen LogP contribution in [0.3, 0.4) is 0 Å². The topological polar surface area (TPSA) is 44.3 Å². The number of anilines is 2. The summed E-state index contributed by atoms with van der Waals surface area (Å²) in [4.78, 5) is 10.7. The van der Waals surface area contributed by atoms with Crippen molar-refractivity contribution in [2.24, 2.45) is 0 Å². The zero-order valence-electron chi connectivity index (χ0n) is 12.1. The molecular weight excluding hydrogens is 271 g/mol. The van der Waals surface area contributed by atoms with Gasteiger partial charge in [0.2, 0.25) is 5.82 Å². The largest absolute Gasteiger partial charge is 0.451 e. The molecule has 0 amide bonds. The molecule has 0 aliphatic carbocycles. The van der Waals surface area contributed by atoms with Crippen molar-refractivity contribution in [3.05, 3.63) is 11.9 Å². The third-order valence-electron chi connectivity index (χ3n) is 2.71. The number of nitrogens with zero attached hydrogens (tertiary/aromatic N) is 4. The quantitative estimate of drug-likeness (QED) is 0.867. The molecule has 0 atom stereocenters. The molecule has 20 heavy (non-hydrogen) atoms. The predicted molar refractivity (Wildman–Crippen MR) is 73.0 cm³/mol. The van der Waals surface area contributed by atoms with Gasteiger partial charge in [0, 0.05) is 26.7 Å². The maximum absolute atomic E-state index is 12.7. The van der Waals surface area contributed by atoms with Gasteiger partial charge >= 0.3 is 6.18 Å². The van der Waals surface area contributed by atoms with E-state index in [4.69, 9.17) is 0 Å². The number of halogens is 3. The molecule has 0 spiro atoms. The zero-order valence-corrected chi connectivity index (χ0v) is 12.1. The molecule has 0 aromatic carbocycles. The summed E-state index contributed by atoms with van der Waals surface area (Å²) < 4.78 is 38.2. The van der Waals surface area contributed by atoms with Gasteiger partial charge in [-0.25, -0.2) is 9.97 Å².